The third-order valence-corrected chi connectivity index (χ3v) is 5.63. The molecule has 5 nitrogen and oxygen atoms in total. The maximum Gasteiger partial charge on any atom is 0.449 e. The third-order valence-electron chi connectivity index (χ3n) is 4.91. The summed E-state index contributed by atoms with van der Waals surface area (Å²) in [5.74, 6) is -3.47. The summed E-state index contributed by atoms with van der Waals surface area (Å²) in [5.41, 5.74) is 0.934. The predicted octanol–water partition coefficient (Wildman–Crippen LogP) is 5.26. The first-order valence-corrected chi connectivity index (χ1v) is 10.5. The molecule has 2 heterocycles. The van der Waals surface area contributed by atoms with Crippen LogP contribution in [0, 0.1) is 0 Å². The van der Waals surface area contributed by atoms with Crippen LogP contribution in [0.4, 0.5) is 18.9 Å². The number of hydrogen-bond donors (Lipinski definition) is 0. The Morgan fingerprint density at radius 1 is 0.839 bits per heavy atom. The van der Waals surface area contributed by atoms with E-state index in [9.17, 15) is 13.2 Å². The van der Waals surface area contributed by atoms with E-state index >= 15 is 0 Å². The van der Waals surface area contributed by atoms with E-state index in [0.29, 0.717) is 13.1 Å². The van der Waals surface area contributed by atoms with Crippen molar-refractivity contribution in [2.24, 2.45) is 4.99 Å². The molecule has 0 bridgehead atoms. The Hall–Kier alpha value is -2.03. The number of halogens is 6. The molecule has 2 aromatic rings. The molecule has 31 heavy (non-hydrogen) atoms. The summed E-state index contributed by atoms with van der Waals surface area (Å²) < 4.78 is 50.7. The smallest absolute Gasteiger partial charge is 0.427 e. The van der Waals surface area contributed by atoms with Gasteiger partial charge >= 0.3 is 12.1 Å². The molecule has 0 atom stereocenters. The first-order valence-electron chi connectivity index (χ1n) is 9.35. The molecule has 0 saturated carbocycles. The summed E-state index contributed by atoms with van der Waals surface area (Å²) in [6, 6.07) is 15.7. The van der Waals surface area contributed by atoms with Gasteiger partial charge in [0.1, 0.15) is 0 Å². The lowest BCUT2D eigenvalue weighted by Gasteiger charge is -2.39. The second-order valence-corrected chi connectivity index (χ2v) is 9.25. The van der Waals surface area contributed by atoms with Gasteiger partial charge in [0.05, 0.1) is 0 Å². The van der Waals surface area contributed by atoms with Gasteiger partial charge in [-0.15, -0.1) is 0 Å². The highest BCUT2D eigenvalue weighted by atomic mass is 35.6. The van der Waals surface area contributed by atoms with Crippen LogP contribution in [-0.4, -0.2) is 52.8 Å². The van der Waals surface area contributed by atoms with Crippen molar-refractivity contribution in [3.05, 3.63) is 54.6 Å². The molecule has 1 saturated heterocycles. The SMILES string of the molecule is FC(F)(F)/C(=N\C1(C(Cl)(Cl)Cl)Oc2ccccc2O1)N1CCN(c2ccccc2)CC1. The number of aliphatic imine (C=N–C) groups is 1. The van der Waals surface area contributed by atoms with E-state index in [-0.39, 0.29) is 24.6 Å². The Balaban J connectivity index is 1.63. The number of para-hydroxylation sites is 3. The Labute approximate surface area is 191 Å². The lowest BCUT2D eigenvalue weighted by Crippen LogP contribution is -2.56. The van der Waals surface area contributed by atoms with Gasteiger partial charge < -0.3 is 19.3 Å². The summed E-state index contributed by atoms with van der Waals surface area (Å²) in [5, 5.41) is 0. The molecule has 0 amide bonds. The molecule has 0 spiro atoms. The molecule has 11 heteroatoms. The second kappa shape index (κ2) is 8.15. The van der Waals surface area contributed by atoms with Crippen molar-refractivity contribution < 1.29 is 22.6 Å². The van der Waals surface area contributed by atoms with E-state index in [2.05, 4.69) is 4.99 Å². The summed E-state index contributed by atoms with van der Waals surface area (Å²) in [6.45, 7) is 0.857. The van der Waals surface area contributed by atoms with E-state index < -0.39 is 21.7 Å². The van der Waals surface area contributed by atoms with Gasteiger partial charge in [-0.25, -0.2) is 0 Å². The molecular formula is C20H17Cl3F3N3O2. The summed E-state index contributed by atoms with van der Waals surface area (Å²) in [6.07, 6.45) is -4.82. The van der Waals surface area contributed by atoms with Crippen LogP contribution in [0.3, 0.4) is 0 Å². The van der Waals surface area contributed by atoms with Crippen LogP contribution in [0.5, 0.6) is 11.5 Å². The fourth-order valence-corrected chi connectivity index (χ4v) is 3.79. The quantitative estimate of drug-likeness (QED) is 0.324. The van der Waals surface area contributed by atoms with Crippen LogP contribution in [0.25, 0.3) is 0 Å². The van der Waals surface area contributed by atoms with Crippen LogP contribution < -0.4 is 14.4 Å². The molecule has 0 N–H and O–H groups in total. The normalized spacial score (nSPS) is 19.0. The number of nitrogens with zero attached hydrogens (tertiary/aromatic N) is 3. The van der Waals surface area contributed by atoms with Gasteiger partial charge in [-0.05, 0) is 24.3 Å². The standard InChI is InChI=1S/C20H17Cl3F3N3O2/c21-19(22,23)20(30-15-8-4-5-9-16(15)31-20)27-17(18(24,25)26)29-12-10-28(11-13-29)14-6-2-1-3-7-14/h1-9H,10-13H2/b27-17+. The lowest BCUT2D eigenvalue weighted by molar-refractivity contribution is -0.0896. The van der Waals surface area contributed by atoms with Gasteiger partial charge in [0, 0.05) is 31.9 Å². The second-order valence-electron chi connectivity index (χ2n) is 6.97. The molecule has 0 radical (unpaired) electrons. The number of benzene rings is 2. The predicted molar refractivity (Wildman–Crippen MR) is 114 cm³/mol. The molecule has 4 rings (SSSR count). The molecular weight excluding hydrogens is 478 g/mol. The molecule has 0 unspecified atom stereocenters. The van der Waals surface area contributed by atoms with E-state index in [4.69, 9.17) is 44.3 Å². The van der Waals surface area contributed by atoms with Crippen LogP contribution in [0.1, 0.15) is 0 Å². The van der Waals surface area contributed by atoms with E-state index in [0.717, 1.165) is 10.6 Å². The van der Waals surface area contributed by atoms with Gasteiger partial charge in [0.2, 0.25) is 5.84 Å². The first kappa shape index (κ1) is 22.2. The molecule has 2 aromatic carbocycles. The maximum atomic E-state index is 14.0. The first-order chi connectivity index (χ1) is 14.6. The minimum Gasteiger partial charge on any atom is -0.427 e. The number of piperazine rings is 1. The summed E-state index contributed by atoms with van der Waals surface area (Å²) in [4.78, 5) is 6.84. The lowest BCUT2D eigenvalue weighted by atomic mass is 10.2. The summed E-state index contributed by atoms with van der Waals surface area (Å²) in [7, 11) is 0. The van der Waals surface area contributed by atoms with Crippen LogP contribution in [0.2, 0.25) is 0 Å². The Kier molecular flexibility index (Phi) is 5.83. The van der Waals surface area contributed by atoms with Crippen molar-refractivity contribution in [2.75, 3.05) is 31.1 Å². The average molecular weight is 495 g/mol. The number of ether oxygens (including phenoxy) is 2. The van der Waals surface area contributed by atoms with Crippen molar-refractivity contribution in [3.8, 4) is 11.5 Å². The maximum absolute atomic E-state index is 14.0. The highest BCUT2D eigenvalue weighted by Crippen LogP contribution is 2.51. The largest absolute Gasteiger partial charge is 0.449 e. The molecule has 166 valence electrons. The molecule has 1 fully saturated rings. The van der Waals surface area contributed by atoms with Crippen molar-refractivity contribution in [1.29, 1.82) is 0 Å². The van der Waals surface area contributed by atoms with Crippen LogP contribution >= 0.6 is 34.8 Å². The monoisotopic (exact) mass is 493 g/mol. The molecule has 2 aliphatic rings. The fourth-order valence-electron chi connectivity index (χ4n) is 3.43. The van der Waals surface area contributed by atoms with Crippen molar-refractivity contribution in [3.63, 3.8) is 0 Å². The zero-order valence-electron chi connectivity index (χ0n) is 16.0. The number of anilines is 1. The topological polar surface area (TPSA) is 37.3 Å². The Morgan fingerprint density at radius 3 is 1.84 bits per heavy atom. The fraction of sp³-hybridized carbons (Fsp3) is 0.350. The molecule has 2 aliphatic heterocycles. The Bertz CT molecular complexity index is 934. The van der Waals surface area contributed by atoms with Gasteiger partial charge in [0.15, 0.2) is 11.5 Å². The zero-order valence-corrected chi connectivity index (χ0v) is 18.2. The number of rotatable bonds is 2. The number of fused-ring (bicyclic) bond motifs is 1. The highest BCUT2D eigenvalue weighted by Gasteiger charge is 2.60. The van der Waals surface area contributed by atoms with E-state index in [1.54, 1.807) is 12.1 Å². The average Bonchev–Trinajstić information content (AvgIpc) is 3.12. The third kappa shape index (κ3) is 4.47. The van der Waals surface area contributed by atoms with Crippen LogP contribution in [0.15, 0.2) is 59.6 Å². The van der Waals surface area contributed by atoms with Crippen molar-refractivity contribution in [1.82, 2.24) is 4.90 Å². The number of amidine groups is 1. The minimum absolute atomic E-state index is 0.0656. The van der Waals surface area contributed by atoms with Crippen LogP contribution in [-0.2, 0) is 0 Å². The van der Waals surface area contributed by atoms with Crippen molar-refractivity contribution >= 4 is 46.3 Å². The van der Waals surface area contributed by atoms with Gasteiger partial charge in [0.25, 0.3) is 3.79 Å². The van der Waals surface area contributed by atoms with Gasteiger partial charge in [-0.1, -0.05) is 65.1 Å². The zero-order chi connectivity index (χ0) is 22.3. The van der Waals surface area contributed by atoms with Gasteiger partial charge in [-0.2, -0.15) is 18.2 Å². The van der Waals surface area contributed by atoms with E-state index in [1.165, 1.54) is 12.1 Å². The summed E-state index contributed by atoms with van der Waals surface area (Å²) >= 11 is 18.0. The van der Waals surface area contributed by atoms with Crippen molar-refractivity contribution in [2.45, 2.75) is 15.9 Å². The Morgan fingerprint density at radius 2 is 1.35 bits per heavy atom. The minimum atomic E-state index is -4.82. The molecule has 0 aromatic heterocycles. The van der Waals surface area contributed by atoms with E-state index in [1.807, 2.05) is 35.2 Å². The van der Waals surface area contributed by atoms with Gasteiger partial charge in [-0.3, -0.25) is 0 Å². The highest BCUT2D eigenvalue weighted by molar-refractivity contribution is 6.68. The number of alkyl halides is 6. The molecule has 0 aliphatic carbocycles. The number of hydrogen-bond acceptors (Lipinski definition) is 4.